The highest BCUT2D eigenvalue weighted by Gasteiger charge is 2.15. The summed E-state index contributed by atoms with van der Waals surface area (Å²) in [7, 11) is 0. The molecule has 3 nitrogen and oxygen atoms in total. The highest BCUT2D eigenvalue weighted by atomic mass is 35.5. The van der Waals surface area contributed by atoms with Crippen LogP contribution in [-0.2, 0) is 6.54 Å². The Hall–Kier alpha value is -3.11. The number of carboxylic acids is 1. The zero-order chi connectivity index (χ0) is 19.0. The van der Waals surface area contributed by atoms with Crippen molar-refractivity contribution in [3.8, 4) is 11.1 Å². The number of halogens is 2. The largest absolute Gasteiger partial charge is 0.478 e. The molecule has 0 spiro atoms. The molecule has 0 atom stereocenters. The Morgan fingerprint density at radius 1 is 1.00 bits per heavy atom. The number of aromatic carboxylic acids is 1. The zero-order valence-electron chi connectivity index (χ0n) is 14.2. The van der Waals surface area contributed by atoms with Crippen LogP contribution in [0.15, 0.2) is 72.9 Å². The van der Waals surface area contributed by atoms with Crippen molar-refractivity contribution in [2.75, 3.05) is 0 Å². The fourth-order valence-electron chi connectivity index (χ4n) is 3.23. The van der Waals surface area contributed by atoms with Gasteiger partial charge in [0.25, 0.3) is 0 Å². The lowest BCUT2D eigenvalue weighted by Gasteiger charge is -2.07. The lowest BCUT2D eigenvalue weighted by molar-refractivity contribution is 0.0699. The minimum Gasteiger partial charge on any atom is -0.478 e. The highest BCUT2D eigenvalue weighted by Crippen LogP contribution is 2.30. The summed E-state index contributed by atoms with van der Waals surface area (Å²) < 4.78 is 15.4. The molecule has 0 radical (unpaired) electrons. The van der Waals surface area contributed by atoms with Gasteiger partial charge in [0.2, 0.25) is 0 Å². The van der Waals surface area contributed by atoms with Crippen molar-refractivity contribution in [2.45, 2.75) is 6.54 Å². The molecule has 0 unspecified atom stereocenters. The monoisotopic (exact) mass is 379 g/mol. The Morgan fingerprint density at radius 3 is 2.41 bits per heavy atom. The number of carboxylic acid groups (broad SMARTS) is 1. The summed E-state index contributed by atoms with van der Waals surface area (Å²) in [5.41, 5.74) is 3.66. The molecule has 3 aromatic carbocycles. The molecule has 1 N–H and O–H groups in total. The van der Waals surface area contributed by atoms with Gasteiger partial charge in [-0.15, -0.1) is 0 Å². The Balaban J connectivity index is 1.84. The normalized spacial score (nSPS) is 11.0. The molecule has 1 aromatic heterocycles. The van der Waals surface area contributed by atoms with Crippen molar-refractivity contribution in [1.82, 2.24) is 4.57 Å². The third-order valence-electron chi connectivity index (χ3n) is 4.56. The predicted octanol–water partition coefficient (Wildman–Crippen LogP) is 5.85. The summed E-state index contributed by atoms with van der Waals surface area (Å²) in [6.07, 6.45) is 1.65. The van der Waals surface area contributed by atoms with Gasteiger partial charge in [-0.2, -0.15) is 0 Å². The van der Waals surface area contributed by atoms with Crippen molar-refractivity contribution in [3.05, 3.63) is 94.9 Å². The van der Waals surface area contributed by atoms with Crippen LogP contribution in [0.3, 0.4) is 0 Å². The lowest BCUT2D eigenvalue weighted by Crippen LogP contribution is -1.98. The molecule has 0 aliphatic heterocycles. The number of nitrogens with zero attached hydrogens (tertiary/aromatic N) is 1. The molecule has 0 amide bonds. The van der Waals surface area contributed by atoms with Crippen molar-refractivity contribution >= 4 is 28.5 Å². The Morgan fingerprint density at radius 2 is 1.70 bits per heavy atom. The van der Waals surface area contributed by atoms with Gasteiger partial charge in [0.15, 0.2) is 0 Å². The zero-order valence-corrected chi connectivity index (χ0v) is 14.9. The number of fused-ring (bicyclic) bond motifs is 1. The summed E-state index contributed by atoms with van der Waals surface area (Å²) in [6.45, 7) is 0.576. The standard InChI is InChI=1S/C22H15ClFNO2/c23-19-11-16(6-8-20(19)24)15-7-9-21-17(10-15)18(22(26)27)13-25(21)12-14-4-2-1-3-5-14/h1-11,13H,12H2,(H,26,27). The molecule has 0 bridgehead atoms. The molecule has 0 fully saturated rings. The first-order valence-electron chi connectivity index (χ1n) is 8.38. The minimum absolute atomic E-state index is 0.0349. The summed E-state index contributed by atoms with van der Waals surface area (Å²) >= 11 is 5.88. The van der Waals surface area contributed by atoms with Crippen molar-refractivity contribution in [2.24, 2.45) is 0 Å². The second-order valence-electron chi connectivity index (χ2n) is 6.32. The average Bonchev–Trinajstić information content (AvgIpc) is 3.03. The number of benzene rings is 3. The van der Waals surface area contributed by atoms with E-state index in [1.165, 1.54) is 6.07 Å². The molecule has 1 heterocycles. The fourth-order valence-corrected chi connectivity index (χ4v) is 3.41. The first-order chi connectivity index (χ1) is 13.0. The second-order valence-corrected chi connectivity index (χ2v) is 6.73. The first-order valence-corrected chi connectivity index (χ1v) is 8.76. The van der Waals surface area contributed by atoms with Gasteiger partial charge in [0, 0.05) is 23.6 Å². The van der Waals surface area contributed by atoms with E-state index in [2.05, 4.69) is 0 Å². The maximum atomic E-state index is 13.4. The van der Waals surface area contributed by atoms with Crippen LogP contribution in [-0.4, -0.2) is 15.6 Å². The van der Waals surface area contributed by atoms with E-state index in [0.717, 1.165) is 22.2 Å². The van der Waals surface area contributed by atoms with E-state index in [4.69, 9.17) is 11.6 Å². The van der Waals surface area contributed by atoms with Crippen LogP contribution in [0.25, 0.3) is 22.0 Å². The SMILES string of the molecule is O=C(O)c1cn(Cc2ccccc2)c2ccc(-c3ccc(F)c(Cl)c3)cc12. The van der Waals surface area contributed by atoms with Crippen LogP contribution in [0.2, 0.25) is 5.02 Å². The molecule has 0 aliphatic rings. The number of aromatic nitrogens is 1. The Labute approximate surface area is 160 Å². The quantitative estimate of drug-likeness (QED) is 0.483. The van der Waals surface area contributed by atoms with Gasteiger partial charge < -0.3 is 9.67 Å². The molecule has 4 aromatic rings. The topological polar surface area (TPSA) is 42.2 Å². The molecule has 27 heavy (non-hydrogen) atoms. The minimum atomic E-state index is -0.985. The molecule has 5 heteroatoms. The smallest absolute Gasteiger partial charge is 0.337 e. The van der Waals surface area contributed by atoms with E-state index in [-0.39, 0.29) is 10.6 Å². The van der Waals surface area contributed by atoms with Gasteiger partial charge in [-0.05, 0) is 41.0 Å². The van der Waals surface area contributed by atoms with Crippen LogP contribution in [0.5, 0.6) is 0 Å². The molecular weight excluding hydrogens is 365 g/mol. The summed E-state index contributed by atoms with van der Waals surface area (Å²) in [5, 5.41) is 10.3. The average molecular weight is 380 g/mol. The van der Waals surface area contributed by atoms with E-state index in [1.54, 1.807) is 18.3 Å². The van der Waals surface area contributed by atoms with E-state index < -0.39 is 11.8 Å². The van der Waals surface area contributed by atoms with Gasteiger partial charge in [0.05, 0.1) is 10.6 Å². The third kappa shape index (κ3) is 3.32. The summed E-state index contributed by atoms with van der Waals surface area (Å²) in [4.78, 5) is 11.7. The van der Waals surface area contributed by atoms with Crippen LogP contribution in [0.1, 0.15) is 15.9 Å². The predicted molar refractivity (Wildman–Crippen MR) is 105 cm³/mol. The van der Waals surface area contributed by atoms with Crippen molar-refractivity contribution in [1.29, 1.82) is 0 Å². The maximum absolute atomic E-state index is 13.4. The van der Waals surface area contributed by atoms with E-state index in [0.29, 0.717) is 11.9 Å². The molecule has 4 rings (SSSR count). The van der Waals surface area contributed by atoms with E-state index >= 15 is 0 Å². The van der Waals surface area contributed by atoms with Gasteiger partial charge in [0.1, 0.15) is 5.82 Å². The molecule has 0 saturated carbocycles. The Bertz CT molecular complexity index is 1150. The number of carbonyl (C=O) groups is 1. The van der Waals surface area contributed by atoms with Crippen LogP contribution in [0.4, 0.5) is 4.39 Å². The summed E-state index contributed by atoms with van der Waals surface area (Å²) in [5.74, 6) is -1.47. The number of hydrogen-bond acceptors (Lipinski definition) is 1. The highest BCUT2D eigenvalue weighted by molar-refractivity contribution is 6.31. The second kappa shape index (κ2) is 6.89. The van der Waals surface area contributed by atoms with Crippen molar-refractivity contribution in [3.63, 3.8) is 0 Å². The first kappa shape index (κ1) is 17.3. The van der Waals surface area contributed by atoms with Crippen LogP contribution in [0, 0.1) is 5.82 Å². The molecule has 134 valence electrons. The van der Waals surface area contributed by atoms with E-state index in [1.807, 2.05) is 53.1 Å². The van der Waals surface area contributed by atoms with Gasteiger partial charge in [-0.3, -0.25) is 0 Å². The lowest BCUT2D eigenvalue weighted by atomic mass is 10.0. The fraction of sp³-hybridized carbons (Fsp3) is 0.0455. The van der Waals surface area contributed by atoms with Gasteiger partial charge >= 0.3 is 5.97 Å². The molecule has 0 saturated heterocycles. The van der Waals surface area contributed by atoms with Gasteiger partial charge in [-0.25, -0.2) is 9.18 Å². The number of hydrogen-bond donors (Lipinski definition) is 1. The van der Waals surface area contributed by atoms with E-state index in [9.17, 15) is 14.3 Å². The molecule has 0 aliphatic carbocycles. The Kier molecular flexibility index (Phi) is 4.42. The van der Waals surface area contributed by atoms with Crippen LogP contribution >= 0.6 is 11.6 Å². The third-order valence-corrected chi connectivity index (χ3v) is 4.85. The molecular formula is C22H15ClFNO2. The van der Waals surface area contributed by atoms with Gasteiger partial charge in [-0.1, -0.05) is 54.1 Å². The maximum Gasteiger partial charge on any atom is 0.337 e. The summed E-state index contributed by atoms with van der Waals surface area (Å²) in [6, 6.07) is 19.9. The van der Waals surface area contributed by atoms with Crippen LogP contribution < -0.4 is 0 Å². The number of rotatable bonds is 4. The van der Waals surface area contributed by atoms with Crippen molar-refractivity contribution < 1.29 is 14.3 Å².